The summed E-state index contributed by atoms with van der Waals surface area (Å²) < 4.78 is 13.2. The second kappa shape index (κ2) is 6.58. The summed E-state index contributed by atoms with van der Waals surface area (Å²) in [5.74, 6) is 0.183. The van der Waals surface area contributed by atoms with Crippen molar-refractivity contribution in [3.05, 3.63) is 34.6 Å². The topological polar surface area (TPSA) is 17.1 Å². The van der Waals surface area contributed by atoms with Gasteiger partial charge in [0.1, 0.15) is 11.6 Å². The Bertz CT molecular complexity index is 430. The molecule has 1 saturated carbocycles. The average Bonchev–Trinajstić information content (AvgIpc) is 2.86. The summed E-state index contributed by atoms with van der Waals surface area (Å²) >= 11 is 7.57. The van der Waals surface area contributed by atoms with Gasteiger partial charge in [-0.2, -0.15) is 11.8 Å². The molecule has 1 aliphatic carbocycles. The maximum absolute atomic E-state index is 13.2. The van der Waals surface area contributed by atoms with Gasteiger partial charge in [-0.25, -0.2) is 4.39 Å². The van der Waals surface area contributed by atoms with Crippen LogP contribution in [0.15, 0.2) is 18.2 Å². The average molecular weight is 287 g/mol. The lowest BCUT2D eigenvalue weighted by molar-refractivity contribution is -0.116. The highest BCUT2D eigenvalue weighted by Gasteiger charge is 2.17. The molecule has 1 aliphatic rings. The number of carbonyl (C=O) groups is 1. The fourth-order valence-electron chi connectivity index (χ4n) is 2.21. The number of rotatable bonds is 5. The highest BCUT2D eigenvalue weighted by Crippen LogP contribution is 2.29. The molecule has 0 radical (unpaired) electrons. The van der Waals surface area contributed by atoms with Gasteiger partial charge in [0.15, 0.2) is 0 Å². The number of thioether (sulfide) groups is 1. The highest BCUT2D eigenvalue weighted by atomic mass is 35.5. The molecule has 0 heterocycles. The smallest absolute Gasteiger partial charge is 0.147 e. The number of halogens is 2. The zero-order valence-electron chi connectivity index (χ0n) is 10.1. The van der Waals surface area contributed by atoms with E-state index in [-0.39, 0.29) is 17.2 Å². The van der Waals surface area contributed by atoms with E-state index in [0.29, 0.717) is 16.6 Å². The van der Waals surface area contributed by atoms with Crippen molar-refractivity contribution >= 4 is 29.1 Å². The Morgan fingerprint density at radius 1 is 1.39 bits per heavy atom. The standard InChI is InChI=1S/C14H16ClFOS/c15-14-10(4-3-7-13(14)16)8-11(17)9-18-12-5-1-2-6-12/h3-4,7,12H,1-2,5-6,8-9H2. The normalized spacial score (nSPS) is 16.1. The predicted molar refractivity (Wildman–Crippen MR) is 74.8 cm³/mol. The maximum atomic E-state index is 13.2. The molecule has 18 heavy (non-hydrogen) atoms. The van der Waals surface area contributed by atoms with E-state index < -0.39 is 5.82 Å². The van der Waals surface area contributed by atoms with Crippen molar-refractivity contribution in [3.8, 4) is 0 Å². The number of Topliss-reactive ketones (excluding diaryl/α,β-unsaturated/α-hetero) is 1. The quantitative estimate of drug-likeness (QED) is 0.804. The molecule has 1 aromatic rings. The Morgan fingerprint density at radius 3 is 2.83 bits per heavy atom. The molecule has 0 amide bonds. The van der Waals surface area contributed by atoms with Crippen molar-refractivity contribution < 1.29 is 9.18 Å². The first kappa shape index (κ1) is 13.9. The lowest BCUT2D eigenvalue weighted by Crippen LogP contribution is -2.09. The number of hydrogen-bond acceptors (Lipinski definition) is 2. The number of hydrogen-bond donors (Lipinski definition) is 0. The molecule has 0 aliphatic heterocycles. The van der Waals surface area contributed by atoms with Crippen LogP contribution in [0.4, 0.5) is 4.39 Å². The largest absolute Gasteiger partial charge is 0.298 e. The fourth-order valence-corrected chi connectivity index (χ4v) is 3.60. The third-order valence-electron chi connectivity index (χ3n) is 3.20. The van der Waals surface area contributed by atoms with E-state index in [1.807, 2.05) is 0 Å². The van der Waals surface area contributed by atoms with Crippen molar-refractivity contribution in [1.82, 2.24) is 0 Å². The zero-order valence-corrected chi connectivity index (χ0v) is 11.7. The summed E-state index contributed by atoms with van der Waals surface area (Å²) in [7, 11) is 0. The van der Waals surface area contributed by atoms with Crippen LogP contribution in [0, 0.1) is 5.82 Å². The molecular weight excluding hydrogens is 271 g/mol. The molecule has 4 heteroatoms. The predicted octanol–water partition coefficient (Wildman–Crippen LogP) is 4.27. The minimum absolute atomic E-state index is 0.0803. The van der Waals surface area contributed by atoms with Gasteiger partial charge in [0.05, 0.1) is 10.8 Å². The van der Waals surface area contributed by atoms with Gasteiger partial charge in [-0.1, -0.05) is 36.6 Å². The second-order valence-electron chi connectivity index (χ2n) is 4.65. The van der Waals surface area contributed by atoms with Gasteiger partial charge in [0.25, 0.3) is 0 Å². The first-order valence-corrected chi connectivity index (χ1v) is 7.65. The third kappa shape index (κ3) is 3.72. The molecule has 0 saturated heterocycles. The molecule has 0 atom stereocenters. The molecule has 1 nitrogen and oxygen atoms in total. The molecule has 1 fully saturated rings. The Balaban J connectivity index is 1.84. The van der Waals surface area contributed by atoms with E-state index in [1.165, 1.54) is 31.7 Å². The Labute approximate surface area is 116 Å². The van der Waals surface area contributed by atoms with Crippen molar-refractivity contribution in [3.63, 3.8) is 0 Å². The van der Waals surface area contributed by atoms with E-state index >= 15 is 0 Å². The van der Waals surface area contributed by atoms with Crippen molar-refractivity contribution in [2.45, 2.75) is 37.4 Å². The van der Waals surface area contributed by atoms with Gasteiger partial charge < -0.3 is 0 Å². The van der Waals surface area contributed by atoms with Crippen LogP contribution in [0.5, 0.6) is 0 Å². The van der Waals surface area contributed by atoms with Gasteiger partial charge in [0, 0.05) is 11.7 Å². The monoisotopic (exact) mass is 286 g/mol. The number of benzene rings is 1. The van der Waals surface area contributed by atoms with Gasteiger partial charge in [-0.15, -0.1) is 0 Å². The summed E-state index contributed by atoms with van der Waals surface area (Å²) in [6.45, 7) is 0. The molecular formula is C14H16ClFOS. The second-order valence-corrected chi connectivity index (χ2v) is 6.31. The molecule has 0 unspecified atom stereocenters. The number of carbonyl (C=O) groups excluding carboxylic acids is 1. The molecule has 1 aromatic carbocycles. The molecule has 98 valence electrons. The van der Waals surface area contributed by atoms with Crippen molar-refractivity contribution in [2.24, 2.45) is 0 Å². The van der Waals surface area contributed by atoms with Crippen LogP contribution < -0.4 is 0 Å². The van der Waals surface area contributed by atoms with E-state index in [4.69, 9.17) is 11.6 Å². The highest BCUT2D eigenvalue weighted by molar-refractivity contribution is 8.00. The van der Waals surface area contributed by atoms with E-state index in [0.717, 1.165) is 0 Å². The fraction of sp³-hybridized carbons (Fsp3) is 0.500. The summed E-state index contributed by atoms with van der Waals surface area (Å²) in [6.07, 6.45) is 5.23. The SMILES string of the molecule is O=C(CSC1CCCC1)Cc1cccc(F)c1Cl. The van der Waals surface area contributed by atoms with Crippen LogP contribution in [-0.4, -0.2) is 16.8 Å². The molecule has 0 aromatic heterocycles. The summed E-state index contributed by atoms with van der Waals surface area (Å²) in [6, 6.07) is 4.61. The first-order chi connectivity index (χ1) is 8.66. The maximum Gasteiger partial charge on any atom is 0.147 e. The van der Waals surface area contributed by atoms with Crippen molar-refractivity contribution in [2.75, 3.05) is 5.75 Å². The summed E-state index contributed by atoms with van der Waals surface area (Å²) in [5.41, 5.74) is 0.591. The van der Waals surface area contributed by atoms with E-state index in [1.54, 1.807) is 23.9 Å². The van der Waals surface area contributed by atoms with Crippen LogP contribution in [-0.2, 0) is 11.2 Å². The minimum atomic E-state index is -0.453. The molecule has 2 rings (SSSR count). The third-order valence-corrected chi connectivity index (χ3v) is 5.06. The van der Waals surface area contributed by atoms with Gasteiger partial charge in [0.2, 0.25) is 0 Å². The number of ketones is 1. The van der Waals surface area contributed by atoms with Gasteiger partial charge in [-0.05, 0) is 24.5 Å². The van der Waals surface area contributed by atoms with Crippen LogP contribution in [0.25, 0.3) is 0 Å². The van der Waals surface area contributed by atoms with Crippen molar-refractivity contribution in [1.29, 1.82) is 0 Å². The lowest BCUT2D eigenvalue weighted by Gasteiger charge is -2.08. The molecule has 0 bridgehead atoms. The van der Waals surface area contributed by atoms with E-state index in [2.05, 4.69) is 0 Å². The molecule has 0 spiro atoms. The lowest BCUT2D eigenvalue weighted by atomic mass is 10.1. The Kier molecular flexibility index (Phi) is 5.07. The Morgan fingerprint density at radius 2 is 2.11 bits per heavy atom. The zero-order chi connectivity index (χ0) is 13.0. The van der Waals surface area contributed by atoms with Crippen LogP contribution in [0.3, 0.4) is 0 Å². The van der Waals surface area contributed by atoms with Crippen LogP contribution in [0.2, 0.25) is 5.02 Å². The van der Waals surface area contributed by atoms with Crippen LogP contribution in [0.1, 0.15) is 31.2 Å². The van der Waals surface area contributed by atoms with E-state index in [9.17, 15) is 9.18 Å². The minimum Gasteiger partial charge on any atom is -0.298 e. The first-order valence-electron chi connectivity index (χ1n) is 6.23. The summed E-state index contributed by atoms with van der Waals surface area (Å²) in [5, 5.41) is 0.716. The summed E-state index contributed by atoms with van der Waals surface area (Å²) in [4.78, 5) is 11.8. The van der Waals surface area contributed by atoms with Gasteiger partial charge in [-0.3, -0.25) is 4.79 Å². The molecule has 0 N–H and O–H groups in total. The van der Waals surface area contributed by atoms with Gasteiger partial charge >= 0.3 is 0 Å². The Hall–Kier alpha value is -0.540. The van der Waals surface area contributed by atoms with Crippen LogP contribution >= 0.6 is 23.4 Å².